The van der Waals surface area contributed by atoms with E-state index in [4.69, 9.17) is 5.84 Å². The first-order chi connectivity index (χ1) is 11.9. The van der Waals surface area contributed by atoms with E-state index in [2.05, 4.69) is 20.9 Å². The highest BCUT2D eigenvalue weighted by Gasteiger charge is 2.12. The molecule has 1 amide bonds. The second-order valence-electron chi connectivity index (χ2n) is 4.94. The van der Waals surface area contributed by atoms with Crippen molar-refractivity contribution in [1.82, 2.24) is 10.4 Å². The highest BCUT2D eigenvalue weighted by atomic mass is 32.1. The summed E-state index contributed by atoms with van der Waals surface area (Å²) < 4.78 is 0. The fourth-order valence-corrected chi connectivity index (χ4v) is 2.79. The molecule has 0 radical (unpaired) electrons. The van der Waals surface area contributed by atoms with Gasteiger partial charge in [0.1, 0.15) is 5.71 Å². The number of aromatic nitrogens is 1. The number of aryl methyl sites for hydroxylation is 1. The molecule has 0 unspecified atom stereocenters. The van der Waals surface area contributed by atoms with E-state index in [1.165, 1.54) is 30.4 Å². The number of hydrazine groups is 1. The summed E-state index contributed by atoms with van der Waals surface area (Å²) in [6.07, 6.45) is 3.44. The van der Waals surface area contributed by atoms with Crippen LogP contribution in [0.5, 0.6) is 0 Å². The molecule has 0 fully saturated rings. The molecule has 2 aromatic rings. The second-order valence-corrected chi connectivity index (χ2v) is 5.94. The van der Waals surface area contributed by atoms with Crippen molar-refractivity contribution in [2.45, 2.75) is 13.8 Å². The summed E-state index contributed by atoms with van der Waals surface area (Å²) >= 11 is 1.29. The van der Waals surface area contributed by atoms with Gasteiger partial charge < -0.3 is 5.84 Å². The summed E-state index contributed by atoms with van der Waals surface area (Å²) in [6.45, 7) is 3.18. The van der Waals surface area contributed by atoms with Crippen LogP contribution in [0.4, 0.5) is 10.8 Å². The number of nitrogens with two attached hydrogens (primary N) is 1. The number of rotatable bonds is 6. The van der Waals surface area contributed by atoms with Crippen molar-refractivity contribution in [3.63, 3.8) is 0 Å². The summed E-state index contributed by atoms with van der Waals surface area (Å²) in [6, 6.07) is 6.11. The molecular formula is C15H16N6O3S. The van der Waals surface area contributed by atoms with Gasteiger partial charge in [-0.2, -0.15) is 5.10 Å². The van der Waals surface area contributed by atoms with Gasteiger partial charge in [-0.15, -0.1) is 0 Å². The number of hydrogen-bond acceptors (Lipinski definition) is 8. The van der Waals surface area contributed by atoms with E-state index in [0.29, 0.717) is 16.5 Å². The maximum atomic E-state index is 10.9. The van der Waals surface area contributed by atoms with Gasteiger partial charge in [0.05, 0.1) is 15.5 Å². The van der Waals surface area contributed by atoms with Crippen LogP contribution >= 0.6 is 11.3 Å². The SMILES string of the molecule is CC(=O)NNc1nc(C)c(C(/C=C/c2ccc([N+](=O)[O-])cc2)=N\N)s1. The number of nitro benzene ring substituents is 1. The van der Waals surface area contributed by atoms with Gasteiger partial charge in [-0.3, -0.25) is 25.8 Å². The van der Waals surface area contributed by atoms with E-state index in [-0.39, 0.29) is 11.6 Å². The van der Waals surface area contributed by atoms with Gasteiger partial charge in [0.15, 0.2) is 0 Å². The number of non-ortho nitro benzene ring substituents is 1. The van der Waals surface area contributed by atoms with Crippen LogP contribution in [0.25, 0.3) is 6.08 Å². The number of hydrazone groups is 1. The van der Waals surface area contributed by atoms with Crippen molar-refractivity contribution in [3.8, 4) is 0 Å². The summed E-state index contributed by atoms with van der Waals surface area (Å²) in [5.41, 5.74) is 7.15. The Labute approximate surface area is 147 Å². The Morgan fingerprint density at radius 1 is 1.40 bits per heavy atom. The molecule has 1 aromatic carbocycles. The molecule has 4 N–H and O–H groups in total. The molecule has 25 heavy (non-hydrogen) atoms. The van der Waals surface area contributed by atoms with Gasteiger partial charge in [0.2, 0.25) is 11.0 Å². The number of hydrogen-bond donors (Lipinski definition) is 3. The Bertz CT molecular complexity index is 841. The molecule has 1 heterocycles. The predicted octanol–water partition coefficient (Wildman–Crippen LogP) is 2.20. The Kier molecular flexibility index (Phi) is 5.79. The number of allylic oxidation sites excluding steroid dienone is 1. The standard InChI is InChI=1S/C15H16N6O3S/c1-9-14(25-15(17-9)20-19-10(2)22)13(18-16)8-5-11-3-6-12(7-4-11)21(23)24/h3-8H,16H2,1-2H3,(H,17,20)(H,19,22)/b8-5+,18-13-. The first kappa shape index (κ1) is 18.1. The van der Waals surface area contributed by atoms with Crippen LogP contribution in [-0.4, -0.2) is 21.5 Å². The average Bonchev–Trinajstić information content (AvgIpc) is 2.95. The van der Waals surface area contributed by atoms with Crippen LogP contribution < -0.4 is 16.7 Å². The highest BCUT2D eigenvalue weighted by Crippen LogP contribution is 2.23. The van der Waals surface area contributed by atoms with E-state index >= 15 is 0 Å². The van der Waals surface area contributed by atoms with Crippen LogP contribution in [-0.2, 0) is 4.79 Å². The number of nitro groups is 1. The third kappa shape index (κ3) is 4.85. The van der Waals surface area contributed by atoms with Gasteiger partial charge in [-0.25, -0.2) is 4.98 Å². The Morgan fingerprint density at radius 2 is 2.08 bits per heavy atom. The number of amides is 1. The lowest BCUT2D eigenvalue weighted by Crippen LogP contribution is -2.26. The first-order valence-corrected chi connectivity index (χ1v) is 7.93. The van der Waals surface area contributed by atoms with E-state index in [1.807, 2.05) is 0 Å². The molecule has 0 aliphatic heterocycles. The van der Waals surface area contributed by atoms with Crippen molar-refractivity contribution in [2.24, 2.45) is 10.9 Å². The first-order valence-electron chi connectivity index (χ1n) is 7.11. The maximum absolute atomic E-state index is 10.9. The number of nitrogens with zero attached hydrogens (tertiary/aromatic N) is 3. The smallest absolute Gasteiger partial charge is 0.269 e. The van der Waals surface area contributed by atoms with Crippen LogP contribution in [0.3, 0.4) is 0 Å². The third-order valence-corrected chi connectivity index (χ3v) is 4.15. The van der Waals surface area contributed by atoms with Crippen LogP contribution in [0, 0.1) is 17.0 Å². The fraction of sp³-hybridized carbons (Fsp3) is 0.133. The van der Waals surface area contributed by atoms with E-state index in [9.17, 15) is 14.9 Å². The summed E-state index contributed by atoms with van der Waals surface area (Å²) in [5.74, 6) is 5.23. The zero-order valence-corrected chi connectivity index (χ0v) is 14.3. The van der Waals surface area contributed by atoms with E-state index in [0.717, 1.165) is 10.4 Å². The molecule has 0 saturated heterocycles. The van der Waals surface area contributed by atoms with Gasteiger partial charge in [0, 0.05) is 19.1 Å². The van der Waals surface area contributed by atoms with E-state index < -0.39 is 4.92 Å². The number of nitrogens with one attached hydrogen (secondary N) is 2. The van der Waals surface area contributed by atoms with Gasteiger partial charge in [-0.05, 0) is 30.7 Å². The Balaban J connectivity index is 2.17. The predicted molar refractivity (Wildman–Crippen MR) is 97.1 cm³/mol. The molecule has 0 bridgehead atoms. The lowest BCUT2D eigenvalue weighted by atomic mass is 10.1. The topological polar surface area (TPSA) is 136 Å². The summed E-state index contributed by atoms with van der Waals surface area (Å²) in [7, 11) is 0. The lowest BCUT2D eigenvalue weighted by Gasteiger charge is -2.00. The molecule has 2 rings (SSSR count). The van der Waals surface area contributed by atoms with Gasteiger partial charge in [-0.1, -0.05) is 17.4 Å². The van der Waals surface area contributed by atoms with Gasteiger partial charge in [0.25, 0.3) is 5.69 Å². The number of carbonyl (C=O) groups excluding carboxylic acids is 1. The molecule has 1 aromatic heterocycles. The monoisotopic (exact) mass is 360 g/mol. The molecule has 0 aliphatic carbocycles. The number of carbonyl (C=O) groups is 1. The van der Waals surface area contributed by atoms with Crippen LogP contribution in [0.15, 0.2) is 35.4 Å². The minimum atomic E-state index is -0.454. The normalized spacial score (nSPS) is 11.5. The fourth-order valence-electron chi connectivity index (χ4n) is 1.89. The zero-order valence-electron chi connectivity index (χ0n) is 13.5. The minimum Gasteiger partial charge on any atom is -0.323 e. The van der Waals surface area contributed by atoms with Gasteiger partial charge >= 0.3 is 0 Å². The molecule has 0 saturated carbocycles. The van der Waals surface area contributed by atoms with Crippen LogP contribution in [0.1, 0.15) is 23.1 Å². The molecule has 0 aliphatic rings. The quantitative estimate of drug-likeness (QED) is 0.313. The van der Waals surface area contributed by atoms with Crippen molar-refractivity contribution < 1.29 is 9.72 Å². The lowest BCUT2D eigenvalue weighted by molar-refractivity contribution is -0.384. The summed E-state index contributed by atoms with van der Waals surface area (Å²) in [4.78, 5) is 26.2. The van der Waals surface area contributed by atoms with Crippen molar-refractivity contribution in [1.29, 1.82) is 0 Å². The largest absolute Gasteiger partial charge is 0.323 e. The molecule has 10 heteroatoms. The molecule has 0 spiro atoms. The zero-order chi connectivity index (χ0) is 18.4. The highest BCUT2D eigenvalue weighted by molar-refractivity contribution is 7.17. The molecule has 9 nitrogen and oxygen atoms in total. The third-order valence-electron chi connectivity index (χ3n) is 3.05. The maximum Gasteiger partial charge on any atom is 0.269 e. The second kappa shape index (κ2) is 8.02. The number of anilines is 1. The Hall–Kier alpha value is -3.27. The Morgan fingerprint density at radius 3 is 2.64 bits per heavy atom. The molecule has 0 atom stereocenters. The average molecular weight is 360 g/mol. The van der Waals surface area contributed by atoms with Crippen LogP contribution in [0.2, 0.25) is 0 Å². The summed E-state index contributed by atoms with van der Waals surface area (Å²) in [5, 5.41) is 14.9. The van der Waals surface area contributed by atoms with E-state index in [1.54, 1.807) is 31.2 Å². The van der Waals surface area contributed by atoms with Crippen molar-refractivity contribution in [2.75, 3.05) is 5.43 Å². The molecule has 130 valence electrons. The number of benzene rings is 1. The minimum absolute atomic E-state index is 0.0249. The van der Waals surface area contributed by atoms with Crippen molar-refractivity contribution >= 4 is 39.9 Å². The number of thiazole rings is 1. The van der Waals surface area contributed by atoms with Crippen molar-refractivity contribution in [3.05, 3.63) is 56.6 Å². The molecular weight excluding hydrogens is 344 g/mol.